The van der Waals surface area contributed by atoms with Gasteiger partial charge in [-0.3, -0.25) is 18.7 Å². The lowest BCUT2D eigenvalue weighted by Crippen LogP contribution is -2.33. The molecule has 0 fully saturated rings. The van der Waals surface area contributed by atoms with E-state index in [4.69, 9.17) is 16.3 Å². The third-order valence-corrected chi connectivity index (χ3v) is 5.55. The third-order valence-electron chi connectivity index (χ3n) is 5.36. The summed E-state index contributed by atoms with van der Waals surface area (Å²) in [6, 6.07) is 9.43. The number of carbonyl (C=O) groups excluding carboxylic acids is 2. The standard InChI is InChI=1S/C24H27ClN8O3/c1-17-3-5-19(6-4-17)36-12-11-31(2)23(35)16-32-15-18(14-28-32)29-22(34)7-8-26-21-13-20(25)30-24-27-9-10-33(21)24/h3-6,9-10,13-15,26H,7-8,11-12,16H2,1-2H3,(H,29,34). The maximum absolute atomic E-state index is 12.5. The monoisotopic (exact) mass is 510 g/mol. The summed E-state index contributed by atoms with van der Waals surface area (Å²) in [5.74, 6) is 1.62. The van der Waals surface area contributed by atoms with Crippen LogP contribution in [0.4, 0.5) is 11.5 Å². The summed E-state index contributed by atoms with van der Waals surface area (Å²) in [6.07, 6.45) is 6.72. The van der Waals surface area contributed by atoms with E-state index in [9.17, 15) is 9.59 Å². The molecule has 1 aromatic carbocycles. The zero-order valence-corrected chi connectivity index (χ0v) is 20.8. The Morgan fingerprint density at radius 2 is 2.03 bits per heavy atom. The quantitative estimate of drug-likeness (QED) is 0.298. The van der Waals surface area contributed by atoms with Gasteiger partial charge in [-0.05, 0) is 19.1 Å². The number of fused-ring (bicyclic) bond motifs is 1. The Morgan fingerprint density at radius 1 is 1.22 bits per heavy atom. The Kier molecular flexibility index (Phi) is 8.01. The van der Waals surface area contributed by atoms with Crippen LogP contribution in [0.5, 0.6) is 5.75 Å². The molecule has 12 heteroatoms. The molecule has 0 radical (unpaired) electrons. The molecule has 3 aromatic heterocycles. The average molecular weight is 511 g/mol. The van der Waals surface area contributed by atoms with Gasteiger partial charge in [-0.1, -0.05) is 29.3 Å². The summed E-state index contributed by atoms with van der Waals surface area (Å²) in [5.41, 5.74) is 1.68. The van der Waals surface area contributed by atoms with Crippen molar-refractivity contribution in [2.45, 2.75) is 19.9 Å². The fraction of sp³-hybridized carbons (Fsp3) is 0.292. The van der Waals surface area contributed by atoms with Gasteiger partial charge in [0.25, 0.3) is 0 Å². The summed E-state index contributed by atoms with van der Waals surface area (Å²) >= 11 is 6.02. The minimum atomic E-state index is -0.194. The zero-order valence-electron chi connectivity index (χ0n) is 20.0. The van der Waals surface area contributed by atoms with E-state index in [1.54, 1.807) is 41.0 Å². The van der Waals surface area contributed by atoms with Gasteiger partial charge in [-0.15, -0.1) is 0 Å². The number of imidazole rings is 1. The maximum atomic E-state index is 12.5. The lowest BCUT2D eigenvalue weighted by atomic mass is 10.2. The highest BCUT2D eigenvalue weighted by molar-refractivity contribution is 6.29. The summed E-state index contributed by atoms with van der Waals surface area (Å²) in [5, 5.41) is 10.4. The molecule has 0 saturated carbocycles. The molecule has 0 spiro atoms. The molecule has 2 amide bonds. The summed E-state index contributed by atoms with van der Waals surface area (Å²) in [7, 11) is 1.72. The highest BCUT2D eigenvalue weighted by atomic mass is 35.5. The molecule has 0 atom stereocenters. The number of halogens is 1. The smallest absolute Gasteiger partial charge is 0.244 e. The van der Waals surface area contributed by atoms with Crippen molar-refractivity contribution in [2.75, 3.05) is 37.4 Å². The number of nitrogens with zero attached hydrogens (tertiary/aromatic N) is 6. The van der Waals surface area contributed by atoms with Gasteiger partial charge in [0.05, 0.1) is 18.4 Å². The van der Waals surface area contributed by atoms with Gasteiger partial charge in [-0.25, -0.2) is 9.97 Å². The molecule has 188 valence electrons. The van der Waals surface area contributed by atoms with E-state index in [1.165, 1.54) is 10.9 Å². The molecule has 0 unspecified atom stereocenters. The zero-order chi connectivity index (χ0) is 25.5. The Balaban J connectivity index is 1.18. The second-order valence-electron chi connectivity index (χ2n) is 8.19. The molecule has 4 rings (SSSR count). The number of nitrogens with one attached hydrogen (secondary N) is 2. The van der Waals surface area contributed by atoms with Crippen LogP contribution in [0.25, 0.3) is 5.78 Å². The van der Waals surface area contributed by atoms with Crippen molar-refractivity contribution in [3.8, 4) is 5.75 Å². The van der Waals surface area contributed by atoms with Crippen molar-refractivity contribution < 1.29 is 14.3 Å². The topological polar surface area (TPSA) is 119 Å². The number of carbonyl (C=O) groups is 2. The Morgan fingerprint density at radius 3 is 2.83 bits per heavy atom. The number of ether oxygens (including phenoxy) is 1. The molecule has 36 heavy (non-hydrogen) atoms. The average Bonchev–Trinajstić information content (AvgIpc) is 3.49. The van der Waals surface area contributed by atoms with E-state index in [-0.39, 0.29) is 24.8 Å². The molecular weight excluding hydrogens is 484 g/mol. The summed E-state index contributed by atoms with van der Waals surface area (Å²) in [4.78, 5) is 34.6. The molecule has 0 bridgehead atoms. The molecule has 11 nitrogen and oxygen atoms in total. The van der Waals surface area contributed by atoms with Gasteiger partial charge in [0.1, 0.15) is 29.9 Å². The van der Waals surface area contributed by atoms with Crippen LogP contribution in [0.3, 0.4) is 0 Å². The first-order valence-corrected chi connectivity index (χ1v) is 11.7. The lowest BCUT2D eigenvalue weighted by Gasteiger charge is -2.17. The first kappa shape index (κ1) is 25.0. The fourth-order valence-corrected chi connectivity index (χ4v) is 3.55. The van der Waals surface area contributed by atoms with Crippen molar-refractivity contribution in [3.05, 3.63) is 65.8 Å². The third kappa shape index (κ3) is 6.72. The van der Waals surface area contributed by atoms with Gasteiger partial charge < -0.3 is 20.3 Å². The van der Waals surface area contributed by atoms with E-state index in [1.807, 2.05) is 31.2 Å². The SMILES string of the molecule is Cc1ccc(OCCN(C)C(=O)Cn2cc(NC(=O)CCNc3cc(Cl)nc4nccn34)cn2)cc1. The lowest BCUT2D eigenvalue weighted by molar-refractivity contribution is -0.131. The van der Waals surface area contributed by atoms with Gasteiger partial charge in [0.2, 0.25) is 17.6 Å². The highest BCUT2D eigenvalue weighted by Crippen LogP contribution is 2.16. The number of aromatic nitrogens is 5. The van der Waals surface area contributed by atoms with Crippen LogP contribution in [-0.2, 0) is 16.1 Å². The normalized spacial score (nSPS) is 10.9. The molecule has 0 aliphatic heterocycles. The maximum Gasteiger partial charge on any atom is 0.244 e. The fourth-order valence-electron chi connectivity index (χ4n) is 3.37. The summed E-state index contributed by atoms with van der Waals surface area (Å²) < 4.78 is 8.91. The van der Waals surface area contributed by atoms with Crippen LogP contribution < -0.4 is 15.4 Å². The van der Waals surface area contributed by atoms with Crippen LogP contribution in [0, 0.1) is 6.92 Å². The van der Waals surface area contributed by atoms with Crippen LogP contribution >= 0.6 is 11.6 Å². The van der Waals surface area contributed by atoms with Crippen molar-refractivity contribution in [2.24, 2.45) is 0 Å². The van der Waals surface area contributed by atoms with Crippen molar-refractivity contribution in [1.29, 1.82) is 0 Å². The predicted octanol–water partition coefficient (Wildman–Crippen LogP) is 2.87. The number of hydrogen-bond acceptors (Lipinski definition) is 7. The van der Waals surface area contributed by atoms with Crippen LogP contribution in [-0.4, -0.2) is 67.6 Å². The molecule has 0 aliphatic rings. The van der Waals surface area contributed by atoms with Gasteiger partial charge in [-0.2, -0.15) is 5.10 Å². The molecule has 4 aromatic rings. The second kappa shape index (κ2) is 11.5. The Labute approximate surface area is 213 Å². The van der Waals surface area contributed by atoms with Gasteiger partial charge in [0, 0.05) is 44.7 Å². The second-order valence-corrected chi connectivity index (χ2v) is 8.58. The minimum absolute atomic E-state index is 0.0577. The van der Waals surface area contributed by atoms with Gasteiger partial charge in [0.15, 0.2) is 0 Å². The number of likely N-dealkylation sites (N-methyl/N-ethyl adjacent to an activating group) is 1. The first-order valence-electron chi connectivity index (χ1n) is 11.4. The van der Waals surface area contributed by atoms with Gasteiger partial charge >= 0.3 is 0 Å². The minimum Gasteiger partial charge on any atom is -0.492 e. The Hall–Kier alpha value is -4.12. The molecule has 3 heterocycles. The van der Waals surface area contributed by atoms with E-state index < -0.39 is 0 Å². The molecule has 0 saturated heterocycles. The van der Waals surface area contributed by atoms with E-state index >= 15 is 0 Å². The Bertz CT molecular complexity index is 1330. The molecule has 2 N–H and O–H groups in total. The largest absolute Gasteiger partial charge is 0.492 e. The van der Waals surface area contributed by atoms with E-state index in [0.29, 0.717) is 42.1 Å². The molecule has 0 aliphatic carbocycles. The number of aryl methyl sites for hydroxylation is 1. The van der Waals surface area contributed by atoms with E-state index in [2.05, 4.69) is 25.7 Å². The van der Waals surface area contributed by atoms with Crippen molar-refractivity contribution in [3.63, 3.8) is 0 Å². The number of benzene rings is 1. The molecular formula is C24H27ClN8O3. The van der Waals surface area contributed by atoms with Crippen molar-refractivity contribution in [1.82, 2.24) is 29.0 Å². The van der Waals surface area contributed by atoms with Crippen LogP contribution in [0.15, 0.2) is 55.1 Å². The van der Waals surface area contributed by atoms with Crippen LogP contribution in [0.2, 0.25) is 5.15 Å². The highest BCUT2D eigenvalue weighted by Gasteiger charge is 2.12. The van der Waals surface area contributed by atoms with Crippen LogP contribution in [0.1, 0.15) is 12.0 Å². The number of amides is 2. The number of hydrogen-bond donors (Lipinski definition) is 2. The number of anilines is 2. The predicted molar refractivity (Wildman–Crippen MR) is 136 cm³/mol. The number of rotatable bonds is 11. The van der Waals surface area contributed by atoms with Crippen molar-refractivity contribution >= 4 is 40.7 Å². The first-order chi connectivity index (χ1) is 17.4. The summed E-state index contributed by atoms with van der Waals surface area (Å²) in [6.45, 7) is 3.28. The van der Waals surface area contributed by atoms with E-state index in [0.717, 1.165) is 11.3 Å².